The summed E-state index contributed by atoms with van der Waals surface area (Å²) in [5, 5.41) is 0. The lowest BCUT2D eigenvalue weighted by molar-refractivity contribution is -0.138. The van der Waals surface area contributed by atoms with Crippen molar-refractivity contribution in [2.75, 3.05) is 0 Å². The van der Waals surface area contributed by atoms with Crippen LogP contribution in [0.3, 0.4) is 0 Å². The van der Waals surface area contributed by atoms with Crippen LogP contribution >= 0.6 is 0 Å². The highest BCUT2D eigenvalue weighted by Gasteiger charge is 2.32. The second kappa shape index (κ2) is 8.69. The highest BCUT2D eigenvalue weighted by Crippen LogP contribution is 2.34. The molecule has 31 heavy (non-hydrogen) atoms. The second-order valence-corrected chi connectivity index (χ2v) is 7.39. The maximum absolute atomic E-state index is 12.9. The minimum absolute atomic E-state index is 0.0659. The number of ketones is 2. The molecule has 0 heterocycles. The van der Waals surface area contributed by atoms with Crippen molar-refractivity contribution >= 4 is 11.6 Å². The molecule has 1 aliphatic rings. The van der Waals surface area contributed by atoms with Crippen LogP contribution in [-0.2, 0) is 12.4 Å². The number of Topliss-reactive ketones (excluding diaryl/α,β-unsaturated/α-hetero) is 2. The van der Waals surface area contributed by atoms with Gasteiger partial charge in [-0.25, -0.2) is 0 Å². The van der Waals surface area contributed by atoms with Crippen molar-refractivity contribution in [3.63, 3.8) is 0 Å². The first-order chi connectivity index (χ1) is 14.5. The average molecular weight is 440 g/mol. The van der Waals surface area contributed by atoms with E-state index in [0.717, 1.165) is 55.0 Å². The predicted octanol–water partition coefficient (Wildman–Crippen LogP) is 6.91. The molecule has 0 bridgehead atoms. The van der Waals surface area contributed by atoms with Crippen LogP contribution < -0.4 is 0 Å². The van der Waals surface area contributed by atoms with Crippen LogP contribution in [0.25, 0.3) is 0 Å². The van der Waals surface area contributed by atoms with Crippen molar-refractivity contribution in [2.45, 2.75) is 38.0 Å². The van der Waals surface area contributed by atoms with Crippen LogP contribution in [-0.4, -0.2) is 11.6 Å². The molecule has 0 aliphatic heterocycles. The van der Waals surface area contributed by atoms with E-state index in [0.29, 0.717) is 18.4 Å². The fourth-order valence-electron chi connectivity index (χ4n) is 3.60. The molecule has 1 atom stereocenters. The van der Waals surface area contributed by atoms with E-state index in [1.807, 2.05) is 0 Å². The van der Waals surface area contributed by atoms with E-state index in [1.165, 1.54) is 0 Å². The summed E-state index contributed by atoms with van der Waals surface area (Å²) >= 11 is 0. The lowest BCUT2D eigenvalue weighted by Gasteiger charge is -2.23. The van der Waals surface area contributed by atoms with Crippen molar-refractivity contribution < 1.29 is 35.9 Å². The number of benzene rings is 2. The predicted molar refractivity (Wildman–Crippen MR) is 102 cm³/mol. The van der Waals surface area contributed by atoms with Crippen LogP contribution in [0.15, 0.2) is 60.2 Å². The van der Waals surface area contributed by atoms with E-state index in [9.17, 15) is 35.9 Å². The molecule has 0 aromatic heterocycles. The van der Waals surface area contributed by atoms with Crippen LogP contribution in [0.4, 0.5) is 26.3 Å². The zero-order valence-electron chi connectivity index (χ0n) is 16.2. The molecule has 0 N–H and O–H groups in total. The third kappa shape index (κ3) is 5.42. The summed E-state index contributed by atoms with van der Waals surface area (Å²) in [5.74, 6) is -1.29. The first-order valence-electron chi connectivity index (χ1n) is 9.59. The quantitative estimate of drug-likeness (QED) is 0.374. The van der Waals surface area contributed by atoms with Crippen LogP contribution in [0.5, 0.6) is 0 Å². The van der Waals surface area contributed by atoms with E-state index < -0.39 is 41.0 Å². The van der Waals surface area contributed by atoms with Gasteiger partial charge in [0.05, 0.1) is 11.1 Å². The number of hydrogen-bond acceptors (Lipinski definition) is 2. The third-order valence-corrected chi connectivity index (χ3v) is 5.26. The Balaban J connectivity index is 1.75. The maximum Gasteiger partial charge on any atom is 0.416 e. The number of carbonyl (C=O) groups excluding carboxylic acids is 2. The van der Waals surface area contributed by atoms with E-state index in [4.69, 9.17) is 0 Å². The van der Waals surface area contributed by atoms with E-state index in [-0.39, 0.29) is 17.5 Å². The summed E-state index contributed by atoms with van der Waals surface area (Å²) in [6.45, 7) is 0. The SMILES string of the molecule is O=C(CC1CCCC=C1C(=O)c1ccc(C(F)(F)F)cc1)c1ccc(C(F)(F)F)cc1. The Labute approximate surface area is 174 Å². The van der Waals surface area contributed by atoms with Crippen molar-refractivity contribution in [1.82, 2.24) is 0 Å². The summed E-state index contributed by atoms with van der Waals surface area (Å²) in [5.41, 5.74) is -1.17. The molecule has 0 saturated carbocycles. The fraction of sp³-hybridized carbons (Fsp3) is 0.304. The summed E-state index contributed by atoms with van der Waals surface area (Å²) in [7, 11) is 0. The molecule has 0 fully saturated rings. The van der Waals surface area contributed by atoms with Crippen molar-refractivity contribution in [3.05, 3.63) is 82.4 Å². The van der Waals surface area contributed by atoms with Crippen LogP contribution in [0.2, 0.25) is 0 Å². The number of allylic oxidation sites excluding steroid dienone is 2. The highest BCUT2D eigenvalue weighted by atomic mass is 19.4. The molecule has 2 nitrogen and oxygen atoms in total. The molecular weight excluding hydrogens is 422 g/mol. The molecular formula is C23H18F6O2. The van der Waals surface area contributed by atoms with Gasteiger partial charge >= 0.3 is 12.4 Å². The van der Waals surface area contributed by atoms with Crippen molar-refractivity contribution in [1.29, 1.82) is 0 Å². The maximum atomic E-state index is 12.9. The Kier molecular flexibility index (Phi) is 6.38. The third-order valence-electron chi connectivity index (χ3n) is 5.26. The molecule has 8 heteroatoms. The van der Waals surface area contributed by atoms with Crippen LogP contribution in [0, 0.1) is 5.92 Å². The molecule has 1 unspecified atom stereocenters. The summed E-state index contributed by atoms with van der Waals surface area (Å²) in [6.07, 6.45) is -5.53. The average Bonchev–Trinajstić information content (AvgIpc) is 2.72. The lowest BCUT2D eigenvalue weighted by Crippen LogP contribution is -2.20. The van der Waals surface area contributed by atoms with Gasteiger partial charge in [-0.15, -0.1) is 0 Å². The number of carbonyl (C=O) groups is 2. The Morgan fingerprint density at radius 2 is 1.26 bits per heavy atom. The normalized spacial score (nSPS) is 17.2. The van der Waals surface area contributed by atoms with Gasteiger partial charge in [-0.1, -0.05) is 30.3 Å². The molecule has 164 valence electrons. The van der Waals surface area contributed by atoms with Gasteiger partial charge in [-0.2, -0.15) is 26.3 Å². The lowest BCUT2D eigenvalue weighted by atomic mass is 9.80. The first-order valence-corrected chi connectivity index (χ1v) is 9.59. The monoisotopic (exact) mass is 440 g/mol. The Hall–Kier alpha value is -2.90. The first kappa shape index (κ1) is 22.8. The van der Waals surface area contributed by atoms with Gasteiger partial charge in [0.1, 0.15) is 0 Å². The molecule has 1 aliphatic carbocycles. The zero-order chi connectivity index (χ0) is 22.8. The van der Waals surface area contributed by atoms with Gasteiger partial charge in [0.15, 0.2) is 11.6 Å². The van der Waals surface area contributed by atoms with Crippen molar-refractivity contribution in [3.8, 4) is 0 Å². The van der Waals surface area contributed by atoms with E-state index in [2.05, 4.69) is 0 Å². The standard InChI is InChI=1S/C23H18F6O2/c24-22(25,26)17-9-5-14(6-10-17)20(30)13-16-3-1-2-4-19(16)21(31)15-7-11-18(12-8-15)23(27,28)29/h4-12,16H,1-3,13H2. The molecule has 0 radical (unpaired) electrons. The van der Waals surface area contributed by atoms with Gasteiger partial charge in [-0.05, 0) is 55.0 Å². The summed E-state index contributed by atoms with van der Waals surface area (Å²) in [6, 6.07) is 7.75. The minimum atomic E-state index is -4.51. The largest absolute Gasteiger partial charge is 0.416 e. The minimum Gasteiger partial charge on any atom is -0.294 e. The molecule has 0 spiro atoms. The Morgan fingerprint density at radius 1 is 0.774 bits per heavy atom. The molecule has 2 aromatic rings. The van der Waals surface area contributed by atoms with Gasteiger partial charge in [0.2, 0.25) is 0 Å². The fourth-order valence-corrected chi connectivity index (χ4v) is 3.60. The topological polar surface area (TPSA) is 34.1 Å². The van der Waals surface area contributed by atoms with E-state index >= 15 is 0 Å². The summed E-state index contributed by atoms with van der Waals surface area (Å²) in [4.78, 5) is 25.4. The highest BCUT2D eigenvalue weighted by molar-refractivity contribution is 6.09. The van der Waals surface area contributed by atoms with Gasteiger partial charge < -0.3 is 0 Å². The van der Waals surface area contributed by atoms with Gasteiger partial charge in [0.25, 0.3) is 0 Å². The number of halogens is 6. The molecule has 0 saturated heterocycles. The molecule has 2 aromatic carbocycles. The summed E-state index contributed by atoms with van der Waals surface area (Å²) < 4.78 is 76.3. The van der Waals surface area contributed by atoms with Gasteiger partial charge in [0, 0.05) is 17.5 Å². The van der Waals surface area contributed by atoms with Gasteiger partial charge in [-0.3, -0.25) is 9.59 Å². The van der Waals surface area contributed by atoms with E-state index in [1.54, 1.807) is 6.08 Å². The Bertz CT molecular complexity index is 983. The van der Waals surface area contributed by atoms with Crippen molar-refractivity contribution in [2.24, 2.45) is 5.92 Å². The molecule has 3 rings (SSSR count). The zero-order valence-corrected chi connectivity index (χ0v) is 16.2. The number of alkyl halides is 6. The number of rotatable bonds is 5. The number of hydrogen-bond donors (Lipinski definition) is 0. The smallest absolute Gasteiger partial charge is 0.294 e. The van der Waals surface area contributed by atoms with Crippen LogP contribution in [0.1, 0.15) is 57.5 Å². The molecule has 0 amide bonds. The Morgan fingerprint density at radius 3 is 1.74 bits per heavy atom. The second-order valence-electron chi connectivity index (χ2n) is 7.39.